The summed E-state index contributed by atoms with van der Waals surface area (Å²) in [6.45, 7) is 0.304. The van der Waals surface area contributed by atoms with Crippen LogP contribution in [-0.4, -0.2) is 18.3 Å². The van der Waals surface area contributed by atoms with E-state index in [1.807, 2.05) is 0 Å². The lowest BCUT2D eigenvalue weighted by atomic mass is 9.78. The first kappa shape index (κ1) is 12.5. The number of hydrogen-bond donors (Lipinski definition) is 2. The molecule has 0 aliphatic heterocycles. The third-order valence-electron chi connectivity index (χ3n) is 3.64. The maximum Gasteiger partial charge on any atom is 0.126 e. The highest BCUT2D eigenvalue weighted by Crippen LogP contribution is 2.46. The monoisotopic (exact) mass is 241 g/mol. The van der Waals surface area contributed by atoms with Gasteiger partial charge >= 0.3 is 0 Å². The molecule has 0 radical (unpaired) electrons. The van der Waals surface area contributed by atoms with E-state index in [1.165, 1.54) is 12.1 Å². The van der Waals surface area contributed by atoms with Crippen LogP contribution in [0.25, 0.3) is 0 Å². The van der Waals surface area contributed by atoms with E-state index < -0.39 is 17.0 Å². The van der Waals surface area contributed by atoms with Crippen LogP contribution in [0, 0.1) is 23.0 Å². The summed E-state index contributed by atoms with van der Waals surface area (Å²) in [6.07, 6.45) is 2.50. The maximum atomic E-state index is 13.1. The van der Waals surface area contributed by atoms with Gasteiger partial charge in [-0.05, 0) is 42.9 Å². The van der Waals surface area contributed by atoms with Crippen LogP contribution in [0.2, 0.25) is 0 Å². The Morgan fingerprint density at radius 1 is 1.24 bits per heavy atom. The quantitative estimate of drug-likeness (QED) is 0.826. The molecule has 3 N–H and O–H groups in total. The summed E-state index contributed by atoms with van der Waals surface area (Å²) >= 11 is 0. The van der Waals surface area contributed by atoms with Crippen molar-refractivity contribution in [1.82, 2.24) is 0 Å². The second-order valence-electron chi connectivity index (χ2n) is 4.95. The van der Waals surface area contributed by atoms with Gasteiger partial charge in [0.1, 0.15) is 11.6 Å². The lowest BCUT2D eigenvalue weighted by molar-refractivity contribution is 0.109. The molecule has 1 aliphatic carbocycles. The third-order valence-corrected chi connectivity index (χ3v) is 3.64. The molecule has 1 aromatic rings. The van der Waals surface area contributed by atoms with Crippen molar-refractivity contribution < 1.29 is 13.9 Å². The summed E-state index contributed by atoms with van der Waals surface area (Å²) in [7, 11) is 0. The van der Waals surface area contributed by atoms with Crippen LogP contribution < -0.4 is 5.73 Å². The largest absolute Gasteiger partial charge is 0.396 e. The van der Waals surface area contributed by atoms with Crippen molar-refractivity contribution in [3.63, 3.8) is 0 Å². The molecular formula is C13H17F2NO. The molecule has 1 saturated carbocycles. The Balaban J connectivity index is 2.22. The topological polar surface area (TPSA) is 46.2 Å². The van der Waals surface area contributed by atoms with Gasteiger partial charge in [0.15, 0.2) is 0 Å². The van der Waals surface area contributed by atoms with Crippen LogP contribution >= 0.6 is 0 Å². The zero-order valence-electron chi connectivity index (χ0n) is 9.63. The minimum absolute atomic E-state index is 0.0354. The summed E-state index contributed by atoms with van der Waals surface area (Å²) in [5.41, 5.74) is 5.88. The van der Waals surface area contributed by atoms with Crippen LogP contribution in [0.3, 0.4) is 0 Å². The molecule has 1 unspecified atom stereocenters. The number of aliphatic hydroxyl groups is 1. The molecule has 17 heavy (non-hydrogen) atoms. The first-order valence-electron chi connectivity index (χ1n) is 5.85. The van der Waals surface area contributed by atoms with Gasteiger partial charge in [0.25, 0.3) is 0 Å². The molecule has 1 atom stereocenters. The molecule has 0 aromatic heterocycles. The first-order valence-corrected chi connectivity index (χ1v) is 5.85. The number of aliphatic hydroxyl groups excluding tert-OH is 1. The lowest BCUT2D eigenvalue weighted by Gasteiger charge is -2.30. The molecule has 4 heteroatoms. The molecule has 0 bridgehead atoms. The van der Waals surface area contributed by atoms with E-state index in [0.717, 1.165) is 18.9 Å². The van der Waals surface area contributed by atoms with Crippen molar-refractivity contribution in [1.29, 1.82) is 0 Å². The van der Waals surface area contributed by atoms with E-state index >= 15 is 0 Å². The van der Waals surface area contributed by atoms with Crippen molar-refractivity contribution in [3.05, 3.63) is 35.4 Å². The van der Waals surface area contributed by atoms with E-state index in [-0.39, 0.29) is 6.61 Å². The van der Waals surface area contributed by atoms with E-state index in [1.54, 1.807) is 0 Å². The maximum absolute atomic E-state index is 13.1. The fourth-order valence-electron chi connectivity index (χ4n) is 2.45. The number of halogens is 2. The van der Waals surface area contributed by atoms with Gasteiger partial charge in [0, 0.05) is 18.0 Å². The van der Waals surface area contributed by atoms with Gasteiger partial charge in [-0.2, -0.15) is 0 Å². The molecule has 1 aliphatic rings. The Labute approximate surface area is 99.4 Å². The summed E-state index contributed by atoms with van der Waals surface area (Å²) in [5.74, 6) is -0.789. The number of rotatable bonds is 5. The second kappa shape index (κ2) is 4.70. The highest BCUT2D eigenvalue weighted by Gasteiger charge is 2.43. The minimum Gasteiger partial charge on any atom is -0.396 e. The van der Waals surface area contributed by atoms with Gasteiger partial charge in [-0.3, -0.25) is 0 Å². The van der Waals surface area contributed by atoms with E-state index in [4.69, 9.17) is 5.73 Å². The van der Waals surface area contributed by atoms with Crippen LogP contribution in [-0.2, 0) is 6.42 Å². The Morgan fingerprint density at radius 2 is 1.82 bits per heavy atom. The molecule has 0 spiro atoms. The number of benzene rings is 1. The van der Waals surface area contributed by atoms with Crippen LogP contribution in [0.1, 0.15) is 18.4 Å². The molecule has 0 amide bonds. The summed E-state index contributed by atoms with van der Waals surface area (Å²) in [4.78, 5) is 0. The Kier molecular flexibility index (Phi) is 3.45. The van der Waals surface area contributed by atoms with E-state index in [2.05, 4.69) is 0 Å². The van der Waals surface area contributed by atoms with Crippen molar-refractivity contribution in [2.75, 3.05) is 13.2 Å². The van der Waals surface area contributed by atoms with Gasteiger partial charge in [0.05, 0.1) is 6.61 Å². The van der Waals surface area contributed by atoms with E-state index in [0.29, 0.717) is 24.4 Å². The molecule has 2 nitrogen and oxygen atoms in total. The van der Waals surface area contributed by atoms with Crippen LogP contribution in [0.4, 0.5) is 8.78 Å². The zero-order valence-corrected chi connectivity index (χ0v) is 9.63. The molecule has 0 saturated heterocycles. The smallest absolute Gasteiger partial charge is 0.126 e. The standard InChI is InChI=1S/C13H17F2NO/c14-11-3-9(4-12(15)5-11)6-13(7-16,8-17)10-1-2-10/h3-5,10,17H,1-2,6-8,16H2. The Hall–Kier alpha value is -1.00. The normalized spacial score (nSPS) is 19.1. The van der Waals surface area contributed by atoms with Gasteiger partial charge < -0.3 is 10.8 Å². The van der Waals surface area contributed by atoms with Crippen LogP contribution in [0.5, 0.6) is 0 Å². The first-order chi connectivity index (χ1) is 8.09. The van der Waals surface area contributed by atoms with Crippen molar-refractivity contribution >= 4 is 0 Å². The van der Waals surface area contributed by atoms with Gasteiger partial charge in [0.2, 0.25) is 0 Å². The fourth-order valence-corrected chi connectivity index (χ4v) is 2.45. The summed E-state index contributed by atoms with van der Waals surface area (Å²) in [6, 6.07) is 3.47. The average Bonchev–Trinajstić information content (AvgIpc) is 3.09. The number of nitrogens with two attached hydrogens (primary N) is 1. The summed E-state index contributed by atoms with van der Waals surface area (Å²) in [5, 5.41) is 9.52. The Morgan fingerprint density at radius 3 is 2.24 bits per heavy atom. The molecule has 94 valence electrons. The van der Waals surface area contributed by atoms with Crippen LogP contribution in [0.15, 0.2) is 18.2 Å². The molecule has 2 rings (SSSR count). The van der Waals surface area contributed by atoms with Crippen molar-refractivity contribution in [3.8, 4) is 0 Å². The third kappa shape index (κ3) is 2.64. The molecular weight excluding hydrogens is 224 g/mol. The molecule has 1 fully saturated rings. The van der Waals surface area contributed by atoms with Gasteiger partial charge in [-0.15, -0.1) is 0 Å². The highest BCUT2D eigenvalue weighted by molar-refractivity contribution is 5.20. The molecule has 1 aromatic carbocycles. The predicted molar refractivity (Wildman–Crippen MR) is 61.4 cm³/mol. The predicted octanol–water partition coefficient (Wildman–Crippen LogP) is 1.85. The van der Waals surface area contributed by atoms with Gasteiger partial charge in [-0.25, -0.2) is 8.78 Å². The van der Waals surface area contributed by atoms with Crippen molar-refractivity contribution in [2.24, 2.45) is 17.1 Å². The molecule has 0 heterocycles. The highest BCUT2D eigenvalue weighted by atomic mass is 19.1. The van der Waals surface area contributed by atoms with E-state index in [9.17, 15) is 13.9 Å². The second-order valence-corrected chi connectivity index (χ2v) is 4.95. The number of hydrogen-bond acceptors (Lipinski definition) is 2. The average molecular weight is 241 g/mol. The van der Waals surface area contributed by atoms with Crippen molar-refractivity contribution in [2.45, 2.75) is 19.3 Å². The summed E-state index contributed by atoms with van der Waals surface area (Å²) < 4.78 is 26.2. The SMILES string of the molecule is NCC(CO)(Cc1cc(F)cc(F)c1)C1CC1. The Bertz CT molecular complexity index is 380. The lowest BCUT2D eigenvalue weighted by Crippen LogP contribution is -2.38. The minimum atomic E-state index is -0.584. The van der Waals surface area contributed by atoms with Gasteiger partial charge in [-0.1, -0.05) is 0 Å². The zero-order chi connectivity index (χ0) is 12.5. The fraction of sp³-hybridized carbons (Fsp3) is 0.538.